The molecule has 0 amide bonds. The molecule has 1 aliphatic heterocycles. The van der Waals surface area contributed by atoms with E-state index < -0.39 is 0 Å². The zero-order valence-electron chi connectivity index (χ0n) is 12.6. The van der Waals surface area contributed by atoms with E-state index in [0.29, 0.717) is 12.5 Å². The topological polar surface area (TPSA) is 61.3 Å². The van der Waals surface area contributed by atoms with Gasteiger partial charge in [-0.05, 0) is 24.6 Å². The molecule has 2 atom stereocenters. The van der Waals surface area contributed by atoms with Gasteiger partial charge in [0.15, 0.2) is 0 Å². The first-order chi connectivity index (χ1) is 10.8. The van der Waals surface area contributed by atoms with E-state index in [2.05, 4.69) is 44.5 Å². The van der Waals surface area contributed by atoms with Gasteiger partial charge in [0, 0.05) is 37.9 Å². The van der Waals surface area contributed by atoms with E-state index in [1.165, 1.54) is 5.56 Å². The molecule has 0 aliphatic carbocycles. The summed E-state index contributed by atoms with van der Waals surface area (Å²) in [7, 11) is 0. The molecule has 116 valence electrons. The van der Waals surface area contributed by atoms with Gasteiger partial charge in [-0.1, -0.05) is 30.3 Å². The van der Waals surface area contributed by atoms with Crippen LogP contribution in [0.3, 0.4) is 0 Å². The third-order valence-electron chi connectivity index (χ3n) is 4.14. The average molecular weight is 298 g/mol. The molecule has 1 saturated heterocycles. The molecule has 2 N–H and O–H groups in total. The van der Waals surface area contributed by atoms with E-state index >= 15 is 0 Å². The maximum Gasteiger partial charge on any atom is 0.222 e. The maximum atomic E-state index is 10.4. The minimum atomic E-state index is -0.311. The Morgan fingerprint density at radius 3 is 2.64 bits per heavy atom. The lowest BCUT2D eigenvalue weighted by Gasteiger charge is -2.36. The van der Waals surface area contributed by atoms with Crippen molar-refractivity contribution in [3.05, 3.63) is 54.4 Å². The summed E-state index contributed by atoms with van der Waals surface area (Å²) in [4.78, 5) is 10.6. The molecule has 1 aliphatic rings. The van der Waals surface area contributed by atoms with Crippen LogP contribution < -0.4 is 5.32 Å². The number of hydrogen-bond donors (Lipinski definition) is 2. The first-order valence-electron chi connectivity index (χ1n) is 7.76. The second kappa shape index (κ2) is 7.33. The second-order valence-corrected chi connectivity index (χ2v) is 5.79. The van der Waals surface area contributed by atoms with Gasteiger partial charge in [0.25, 0.3) is 0 Å². The zero-order chi connectivity index (χ0) is 15.2. The molecule has 0 unspecified atom stereocenters. The number of benzene rings is 1. The zero-order valence-corrected chi connectivity index (χ0v) is 12.6. The highest BCUT2D eigenvalue weighted by molar-refractivity contribution is 5.22. The van der Waals surface area contributed by atoms with Crippen LogP contribution in [0.15, 0.2) is 48.8 Å². The van der Waals surface area contributed by atoms with Crippen molar-refractivity contribution < 1.29 is 5.11 Å². The molecule has 0 saturated carbocycles. The van der Waals surface area contributed by atoms with Gasteiger partial charge in [0.1, 0.15) is 0 Å². The molecular formula is C17H22N4O. The van der Waals surface area contributed by atoms with E-state index in [1.807, 2.05) is 6.07 Å². The van der Waals surface area contributed by atoms with E-state index in [9.17, 15) is 5.11 Å². The number of nitrogens with one attached hydrogen (secondary N) is 1. The number of aliphatic hydroxyl groups excluding tert-OH is 1. The van der Waals surface area contributed by atoms with Crippen LogP contribution in [-0.2, 0) is 6.54 Å². The normalized spacial score (nSPS) is 22.4. The minimum Gasteiger partial charge on any atom is -0.391 e. The van der Waals surface area contributed by atoms with Gasteiger partial charge in [-0.2, -0.15) is 0 Å². The number of nitrogens with zero attached hydrogens (tertiary/aromatic N) is 3. The highest BCUT2D eigenvalue weighted by Crippen LogP contribution is 2.20. The average Bonchev–Trinajstić information content (AvgIpc) is 2.56. The van der Waals surface area contributed by atoms with E-state index in [4.69, 9.17) is 0 Å². The lowest BCUT2D eigenvalue weighted by Crippen LogP contribution is -2.45. The Labute approximate surface area is 131 Å². The number of likely N-dealkylation sites (tertiary alicyclic amines) is 1. The Balaban J connectivity index is 1.48. The fraction of sp³-hybridized carbons (Fsp3) is 0.412. The van der Waals surface area contributed by atoms with Crippen molar-refractivity contribution in [3.8, 4) is 0 Å². The number of aromatic nitrogens is 2. The molecule has 5 heteroatoms. The summed E-state index contributed by atoms with van der Waals surface area (Å²) in [5.74, 6) is 0.872. The lowest BCUT2D eigenvalue weighted by molar-refractivity contribution is 0.0236. The minimum absolute atomic E-state index is 0.246. The predicted molar refractivity (Wildman–Crippen MR) is 86.4 cm³/mol. The third kappa shape index (κ3) is 4.02. The van der Waals surface area contributed by atoms with Crippen molar-refractivity contribution in [1.29, 1.82) is 0 Å². The van der Waals surface area contributed by atoms with Crippen molar-refractivity contribution in [3.63, 3.8) is 0 Å². The van der Waals surface area contributed by atoms with Gasteiger partial charge in [-0.25, -0.2) is 9.97 Å². The van der Waals surface area contributed by atoms with Gasteiger partial charge in [-0.15, -0.1) is 0 Å². The smallest absolute Gasteiger partial charge is 0.222 e. The summed E-state index contributed by atoms with van der Waals surface area (Å²) in [6, 6.07) is 12.2. The van der Waals surface area contributed by atoms with Crippen LogP contribution in [0.5, 0.6) is 0 Å². The Morgan fingerprint density at radius 2 is 1.91 bits per heavy atom. The molecule has 0 bridgehead atoms. The predicted octanol–water partition coefficient (Wildman–Crippen LogP) is 1.77. The van der Waals surface area contributed by atoms with Crippen molar-refractivity contribution >= 4 is 5.95 Å². The van der Waals surface area contributed by atoms with Crippen molar-refractivity contribution in [1.82, 2.24) is 14.9 Å². The van der Waals surface area contributed by atoms with Crippen LogP contribution in [0.1, 0.15) is 12.0 Å². The Morgan fingerprint density at radius 1 is 1.14 bits per heavy atom. The maximum absolute atomic E-state index is 10.4. The number of piperidine rings is 1. The molecule has 0 radical (unpaired) electrons. The summed E-state index contributed by atoms with van der Waals surface area (Å²) in [6.45, 7) is 3.34. The van der Waals surface area contributed by atoms with Crippen molar-refractivity contribution in [2.45, 2.75) is 19.1 Å². The molecule has 3 rings (SSSR count). The number of anilines is 1. The van der Waals surface area contributed by atoms with Gasteiger partial charge in [-0.3, -0.25) is 4.90 Å². The largest absolute Gasteiger partial charge is 0.391 e. The molecule has 0 spiro atoms. The standard InChI is InChI=1S/C17H22N4O/c22-16-13-21(12-14-5-2-1-3-6-14)10-7-15(16)11-20-17-18-8-4-9-19-17/h1-6,8-9,15-16,22H,7,10-13H2,(H,18,19,20)/t15-,16+/m1/s1. The second-order valence-electron chi connectivity index (χ2n) is 5.79. The van der Waals surface area contributed by atoms with Gasteiger partial charge in [0.2, 0.25) is 5.95 Å². The monoisotopic (exact) mass is 298 g/mol. The summed E-state index contributed by atoms with van der Waals surface area (Å²) < 4.78 is 0. The van der Waals surface area contributed by atoms with Crippen molar-refractivity contribution in [2.24, 2.45) is 5.92 Å². The Kier molecular flexibility index (Phi) is 4.98. The van der Waals surface area contributed by atoms with Crippen LogP contribution >= 0.6 is 0 Å². The molecule has 2 aromatic rings. The lowest BCUT2D eigenvalue weighted by atomic mass is 9.93. The molecule has 22 heavy (non-hydrogen) atoms. The fourth-order valence-corrected chi connectivity index (χ4v) is 2.88. The van der Waals surface area contributed by atoms with Crippen LogP contribution in [0.4, 0.5) is 5.95 Å². The first kappa shape index (κ1) is 14.9. The van der Waals surface area contributed by atoms with Crippen molar-refractivity contribution in [2.75, 3.05) is 25.0 Å². The summed E-state index contributed by atoms with van der Waals surface area (Å²) in [5.41, 5.74) is 1.30. The summed E-state index contributed by atoms with van der Waals surface area (Å²) in [6.07, 6.45) is 4.10. The van der Waals surface area contributed by atoms with E-state index in [-0.39, 0.29) is 12.0 Å². The first-order valence-corrected chi connectivity index (χ1v) is 7.76. The van der Waals surface area contributed by atoms with E-state index in [1.54, 1.807) is 18.5 Å². The van der Waals surface area contributed by atoms with Crippen LogP contribution in [0.25, 0.3) is 0 Å². The molecule has 1 aromatic carbocycles. The molecular weight excluding hydrogens is 276 g/mol. The molecule has 1 aromatic heterocycles. The highest BCUT2D eigenvalue weighted by Gasteiger charge is 2.27. The molecule has 2 heterocycles. The number of rotatable bonds is 5. The number of hydrogen-bond acceptors (Lipinski definition) is 5. The number of β-amino-alcohol motifs (C(OH)–C–C–N with tert-alkyl or cyclic N) is 1. The summed E-state index contributed by atoms with van der Waals surface area (Å²) >= 11 is 0. The van der Waals surface area contributed by atoms with Gasteiger partial charge < -0.3 is 10.4 Å². The van der Waals surface area contributed by atoms with E-state index in [0.717, 1.165) is 26.1 Å². The van der Waals surface area contributed by atoms with Crippen LogP contribution in [0.2, 0.25) is 0 Å². The van der Waals surface area contributed by atoms with Crippen LogP contribution in [0, 0.1) is 5.92 Å². The SMILES string of the molecule is O[C@H]1CN(Cc2ccccc2)CC[C@@H]1CNc1ncccn1. The van der Waals surface area contributed by atoms with Crippen LogP contribution in [-0.4, -0.2) is 45.7 Å². The highest BCUT2D eigenvalue weighted by atomic mass is 16.3. The molecule has 1 fully saturated rings. The third-order valence-corrected chi connectivity index (χ3v) is 4.14. The van der Waals surface area contributed by atoms with Gasteiger partial charge >= 0.3 is 0 Å². The fourth-order valence-electron chi connectivity index (χ4n) is 2.88. The number of aliphatic hydroxyl groups is 1. The quantitative estimate of drug-likeness (QED) is 0.881. The Hall–Kier alpha value is -1.98. The molecule has 5 nitrogen and oxygen atoms in total. The Bertz CT molecular complexity index is 563. The van der Waals surface area contributed by atoms with Gasteiger partial charge in [0.05, 0.1) is 6.10 Å². The summed E-state index contributed by atoms with van der Waals surface area (Å²) in [5, 5.41) is 13.6.